The molecule has 0 aliphatic rings. The SMILES string of the molecule is C=CC(=O)OCCc1ccc(Nc2ccc(C(C)(C)c3ccccc3)cc2)cc1. The molecule has 0 unspecified atom stereocenters. The smallest absolute Gasteiger partial charge is 0.330 e. The summed E-state index contributed by atoms with van der Waals surface area (Å²) in [4.78, 5) is 11.1. The topological polar surface area (TPSA) is 38.3 Å². The van der Waals surface area contributed by atoms with Crippen LogP contribution in [0.2, 0.25) is 0 Å². The van der Waals surface area contributed by atoms with Gasteiger partial charge in [-0.3, -0.25) is 0 Å². The fourth-order valence-corrected chi connectivity index (χ4v) is 3.24. The van der Waals surface area contributed by atoms with Crippen LogP contribution in [0.5, 0.6) is 0 Å². The van der Waals surface area contributed by atoms with Gasteiger partial charge in [-0.25, -0.2) is 4.79 Å². The van der Waals surface area contributed by atoms with E-state index in [0.29, 0.717) is 13.0 Å². The Kier molecular flexibility index (Phi) is 6.50. The summed E-state index contributed by atoms with van der Waals surface area (Å²) in [5.74, 6) is -0.387. The Labute approximate surface area is 173 Å². The molecule has 0 fully saturated rings. The average Bonchev–Trinajstić information content (AvgIpc) is 2.76. The minimum Gasteiger partial charge on any atom is -0.462 e. The molecule has 0 radical (unpaired) electrons. The Bertz CT molecular complexity index is 942. The number of hydrogen-bond donors (Lipinski definition) is 1. The van der Waals surface area contributed by atoms with E-state index in [4.69, 9.17) is 4.74 Å². The third kappa shape index (κ3) is 5.35. The lowest BCUT2D eigenvalue weighted by Crippen LogP contribution is -2.18. The molecular formula is C26H27NO2. The number of nitrogens with one attached hydrogen (secondary N) is 1. The van der Waals surface area contributed by atoms with Crippen molar-refractivity contribution in [3.63, 3.8) is 0 Å². The van der Waals surface area contributed by atoms with Crippen LogP contribution < -0.4 is 5.32 Å². The second-order valence-corrected chi connectivity index (χ2v) is 7.51. The number of benzene rings is 3. The Morgan fingerprint density at radius 2 is 1.45 bits per heavy atom. The van der Waals surface area contributed by atoms with E-state index in [0.717, 1.165) is 16.9 Å². The summed E-state index contributed by atoms with van der Waals surface area (Å²) in [5.41, 5.74) is 5.72. The van der Waals surface area contributed by atoms with Crippen LogP contribution in [-0.2, 0) is 21.4 Å². The number of anilines is 2. The van der Waals surface area contributed by atoms with E-state index in [9.17, 15) is 4.79 Å². The molecule has 0 heterocycles. The Hall–Kier alpha value is -3.33. The molecule has 29 heavy (non-hydrogen) atoms. The standard InChI is InChI=1S/C26H27NO2/c1-4-25(28)29-19-18-20-10-14-23(15-11-20)27-24-16-12-22(13-17-24)26(2,3)21-8-6-5-7-9-21/h4-17,27H,1,18-19H2,2-3H3. The van der Waals surface area contributed by atoms with Crippen molar-refractivity contribution in [1.29, 1.82) is 0 Å². The van der Waals surface area contributed by atoms with Crippen molar-refractivity contribution in [3.05, 3.63) is 108 Å². The number of hydrogen-bond acceptors (Lipinski definition) is 3. The minimum absolute atomic E-state index is 0.0451. The molecule has 0 amide bonds. The predicted octanol–water partition coefficient (Wildman–Crippen LogP) is 6.03. The van der Waals surface area contributed by atoms with Gasteiger partial charge in [0.25, 0.3) is 0 Å². The first-order valence-electron chi connectivity index (χ1n) is 9.80. The van der Waals surface area contributed by atoms with Crippen LogP contribution in [-0.4, -0.2) is 12.6 Å². The summed E-state index contributed by atoms with van der Waals surface area (Å²) in [6.45, 7) is 8.24. The average molecular weight is 386 g/mol. The normalized spacial score (nSPS) is 11.0. The van der Waals surface area contributed by atoms with Crippen LogP contribution in [0.4, 0.5) is 11.4 Å². The molecule has 3 heteroatoms. The first kappa shape index (κ1) is 20.4. The van der Waals surface area contributed by atoms with Crippen LogP contribution >= 0.6 is 0 Å². The first-order chi connectivity index (χ1) is 14.0. The number of rotatable bonds is 8. The van der Waals surface area contributed by atoms with Crippen molar-refractivity contribution in [2.45, 2.75) is 25.7 Å². The van der Waals surface area contributed by atoms with Crippen molar-refractivity contribution in [3.8, 4) is 0 Å². The number of carbonyl (C=O) groups excluding carboxylic acids is 1. The van der Waals surface area contributed by atoms with E-state index >= 15 is 0 Å². The van der Waals surface area contributed by atoms with Gasteiger partial charge in [0.1, 0.15) is 0 Å². The monoisotopic (exact) mass is 385 g/mol. The Balaban J connectivity index is 1.61. The van der Waals surface area contributed by atoms with Crippen LogP contribution in [0.25, 0.3) is 0 Å². The van der Waals surface area contributed by atoms with Crippen molar-refractivity contribution in [2.24, 2.45) is 0 Å². The molecule has 0 atom stereocenters. The van der Waals surface area contributed by atoms with E-state index < -0.39 is 0 Å². The molecule has 0 spiro atoms. The molecule has 3 rings (SSSR count). The van der Waals surface area contributed by atoms with Crippen LogP contribution in [0, 0.1) is 0 Å². The molecule has 0 saturated carbocycles. The summed E-state index contributed by atoms with van der Waals surface area (Å²) < 4.78 is 5.02. The van der Waals surface area contributed by atoms with Crippen molar-refractivity contribution in [2.75, 3.05) is 11.9 Å². The maximum atomic E-state index is 11.1. The Morgan fingerprint density at radius 3 is 2.03 bits per heavy atom. The van der Waals surface area contributed by atoms with Gasteiger partial charge < -0.3 is 10.1 Å². The van der Waals surface area contributed by atoms with E-state index in [1.807, 2.05) is 30.3 Å². The van der Waals surface area contributed by atoms with Gasteiger partial charge in [0.15, 0.2) is 0 Å². The molecule has 148 valence electrons. The molecule has 0 bridgehead atoms. The van der Waals surface area contributed by atoms with Gasteiger partial charge in [0.05, 0.1) is 6.61 Å². The largest absolute Gasteiger partial charge is 0.462 e. The van der Waals surface area contributed by atoms with E-state index in [-0.39, 0.29) is 11.4 Å². The van der Waals surface area contributed by atoms with Gasteiger partial charge in [0.2, 0.25) is 0 Å². The number of esters is 1. The Morgan fingerprint density at radius 1 is 0.897 bits per heavy atom. The molecule has 3 aromatic rings. The zero-order valence-corrected chi connectivity index (χ0v) is 17.0. The third-order valence-corrected chi connectivity index (χ3v) is 5.15. The first-order valence-corrected chi connectivity index (χ1v) is 9.80. The second kappa shape index (κ2) is 9.24. The maximum Gasteiger partial charge on any atom is 0.330 e. The lowest BCUT2D eigenvalue weighted by molar-refractivity contribution is -0.137. The summed E-state index contributed by atoms with van der Waals surface area (Å²) >= 11 is 0. The molecular weight excluding hydrogens is 358 g/mol. The third-order valence-electron chi connectivity index (χ3n) is 5.15. The van der Waals surface area contributed by atoms with E-state index in [1.165, 1.54) is 17.2 Å². The highest BCUT2D eigenvalue weighted by Gasteiger charge is 2.22. The van der Waals surface area contributed by atoms with Gasteiger partial charge in [-0.15, -0.1) is 0 Å². The number of carbonyl (C=O) groups is 1. The molecule has 0 saturated heterocycles. The number of ether oxygens (including phenoxy) is 1. The predicted molar refractivity (Wildman–Crippen MR) is 120 cm³/mol. The lowest BCUT2D eigenvalue weighted by atomic mass is 9.78. The second-order valence-electron chi connectivity index (χ2n) is 7.51. The van der Waals surface area contributed by atoms with Crippen LogP contribution in [0.15, 0.2) is 91.5 Å². The summed E-state index contributed by atoms with van der Waals surface area (Å²) in [6.07, 6.45) is 1.86. The van der Waals surface area contributed by atoms with Crippen molar-refractivity contribution < 1.29 is 9.53 Å². The van der Waals surface area contributed by atoms with Gasteiger partial charge in [-0.2, -0.15) is 0 Å². The molecule has 3 aromatic carbocycles. The summed E-state index contributed by atoms with van der Waals surface area (Å²) in [5, 5.41) is 3.43. The van der Waals surface area contributed by atoms with Crippen molar-refractivity contribution >= 4 is 17.3 Å². The van der Waals surface area contributed by atoms with E-state index in [2.05, 4.69) is 74.3 Å². The maximum absolute atomic E-state index is 11.1. The minimum atomic E-state index is -0.387. The highest BCUT2D eigenvalue weighted by Crippen LogP contribution is 2.32. The lowest BCUT2D eigenvalue weighted by Gasteiger charge is -2.26. The molecule has 3 nitrogen and oxygen atoms in total. The van der Waals surface area contributed by atoms with Crippen LogP contribution in [0.3, 0.4) is 0 Å². The fourth-order valence-electron chi connectivity index (χ4n) is 3.24. The van der Waals surface area contributed by atoms with Gasteiger partial charge >= 0.3 is 5.97 Å². The molecule has 1 N–H and O–H groups in total. The van der Waals surface area contributed by atoms with Crippen molar-refractivity contribution in [1.82, 2.24) is 0 Å². The van der Waals surface area contributed by atoms with Gasteiger partial charge in [-0.05, 0) is 41.0 Å². The highest BCUT2D eigenvalue weighted by atomic mass is 16.5. The zero-order valence-electron chi connectivity index (χ0n) is 17.0. The molecule has 0 aliphatic carbocycles. The summed E-state index contributed by atoms with van der Waals surface area (Å²) in [6, 6.07) is 27.3. The summed E-state index contributed by atoms with van der Waals surface area (Å²) in [7, 11) is 0. The highest BCUT2D eigenvalue weighted by molar-refractivity contribution is 5.81. The zero-order chi connectivity index (χ0) is 20.7. The van der Waals surface area contributed by atoms with Gasteiger partial charge in [0, 0.05) is 29.3 Å². The van der Waals surface area contributed by atoms with Gasteiger partial charge in [-0.1, -0.05) is 75.0 Å². The van der Waals surface area contributed by atoms with Crippen LogP contribution in [0.1, 0.15) is 30.5 Å². The molecule has 0 aromatic heterocycles. The molecule has 0 aliphatic heterocycles. The van der Waals surface area contributed by atoms with E-state index in [1.54, 1.807) is 0 Å². The quantitative estimate of drug-likeness (QED) is 0.380. The fraction of sp³-hybridized carbons (Fsp3) is 0.192.